The second kappa shape index (κ2) is 3.51. The Morgan fingerprint density at radius 3 is 2.78 bits per heavy atom. The Morgan fingerprint density at radius 2 is 2.44 bits per heavy atom. The Hall–Kier alpha value is 0.362. The molecule has 1 aromatic rings. The molecular formula is C6H5ClNPb. The van der Waals surface area contributed by atoms with Crippen molar-refractivity contribution in [1.29, 1.82) is 0 Å². The van der Waals surface area contributed by atoms with E-state index in [1.807, 2.05) is 18.3 Å². The average Bonchev–Trinajstić information content (AvgIpc) is 1.90. The van der Waals surface area contributed by atoms with Gasteiger partial charge in [-0.25, -0.2) is 0 Å². The molecule has 0 fully saturated rings. The van der Waals surface area contributed by atoms with Crippen molar-refractivity contribution in [2.45, 2.75) is 2.94 Å². The molecule has 1 nitrogen and oxygen atoms in total. The summed E-state index contributed by atoms with van der Waals surface area (Å²) in [7, 11) is 0. The molecule has 1 unspecified atom stereocenters. The second-order valence-corrected chi connectivity index (χ2v) is 5.75. The maximum absolute atomic E-state index is 5.82. The third-order valence-corrected chi connectivity index (χ3v) is 2.52. The predicted molar refractivity (Wildman–Crippen MR) is 38.6 cm³/mol. The van der Waals surface area contributed by atoms with Crippen LogP contribution >= 0.6 is 11.6 Å². The average molecular weight is 334 g/mol. The number of nitrogens with zero attached hydrogens (tertiary/aromatic N) is 1. The van der Waals surface area contributed by atoms with E-state index in [4.69, 9.17) is 11.6 Å². The minimum absolute atomic E-state index is 0.207. The van der Waals surface area contributed by atoms with Gasteiger partial charge in [-0.05, 0) is 0 Å². The summed E-state index contributed by atoms with van der Waals surface area (Å²) in [5.74, 6) is 0. The zero-order valence-electron chi connectivity index (χ0n) is 4.71. The molecule has 9 heavy (non-hydrogen) atoms. The topological polar surface area (TPSA) is 12.9 Å². The molecule has 45 valence electrons. The van der Waals surface area contributed by atoms with Gasteiger partial charge < -0.3 is 0 Å². The minimum atomic E-state index is 0.207. The number of aromatic nitrogens is 1. The van der Waals surface area contributed by atoms with E-state index in [0.29, 0.717) is 0 Å². The van der Waals surface area contributed by atoms with Gasteiger partial charge in [-0.3, -0.25) is 0 Å². The summed E-state index contributed by atoms with van der Waals surface area (Å²) in [6.45, 7) is 0. The number of hydrogen-bond donors (Lipinski definition) is 0. The first-order chi connectivity index (χ1) is 4.30. The van der Waals surface area contributed by atoms with Crippen molar-refractivity contribution >= 4 is 37.4 Å². The van der Waals surface area contributed by atoms with E-state index in [2.05, 4.69) is 4.98 Å². The fourth-order valence-electron chi connectivity index (χ4n) is 0.526. The molecule has 0 saturated carbocycles. The Labute approximate surface area is 75.1 Å². The van der Waals surface area contributed by atoms with Crippen LogP contribution in [-0.4, -0.2) is 30.8 Å². The number of alkyl halides is 1. The van der Waals surface area contributed by atoms with Gasteiger partial charge in [-0.1, -0.05) is 0 Å². The Kier molecular flexibility index (Phi) is 2.91. The van der Waals surface area contributed by atoms with Crippen LogP contribution in [0.25, 0.3) is 0 Å². The summed E-state index contributed by atoms with van der Waals surface area (Å²) in [6, 6.07) is 3.90. The molecule has 3 heteroatoms. The van der Waals surface area contributed by atoms with Gasteiger partial charge in [0.1, 0.15) is 0 Å². The van der Waals surface area contributed by atoms with Gasteiger partial charge in [0.15, 0.2) is 0 Å². The predicted octanol–water partition coefficient (Wildman–Crippen LogP) is 1.49. The van der Waals surface area contributed by atoms with E-state index in [9.17, 15) is 0 Å². The standard InChI is InChI=1S/C6H5ClN.Pb/c7-4-6-2-1-3-8-5-6;/h1-5H;. The molecule has 1 heterocycles. The molecule has 0 spiro atoms. The van der Waals surface area contributed by atoms with E-state index in [0.717, 1.165) is 31.3 Å². The van der Waals surface area contributed by atoms with Gasteiger partial charge in [-0.2, -0.15) is 0 Å². The van der Waals surface area contributed by atoms with Crippen molar-refractivity contribution in [3.8, 4) is 0 Å². The van der Waals surface area contributed by atoms with E-state index >= 15 is 0 Å². The molecule has 0 saturated heterocycles. The van der Waals surface area contributed by atoms with Crippen molar-refractivity contribution in [1.82, 2.24) is 4.98 Å². The molecule has 0 N–H and O–H groups in total. The summed E-state index contributed by atoms with van der Waals surface area (Å²) >= 11 is 6.81. The first-order valence-corrected chi connectivity index (χ1v) is 5.24. The van der Waals surface area contributed by atoms with Crippen LogP contribution < -0.4 is 0 Å². The van der Waals surface area contributed by atoms with Crippen molar-refractivity contribution in [2.75, 3.05) is 0 Å². The van der Waals surface area contributed by atoms with E-state index in [1.165, 1.54) is 0 Å². The summed E-state index contributed by atoms with van der Waals surface area (Å²) in [5, 5.41) is 0. The van der Waals surface area contributed by atoms with E-state index < -0.39 is 0 Å². The van der Waals surface area contributed by atoms with Gasteiger partial charge >= 0.3 is 75.4 Å². The number of rotatable bonds is 1. The third-order valence-electron chi connectivity index (χ3n) is 0.977. The Bertz CT molecular complexity index is 176. The molecule has 0 aliphatic carbocycles. The number of hydrogen-bond acceptors (Lipinski definition) is 1. The van der Waals surface area contributed by atoms with Gasteiger partial charge in [0, 0.05) is 0 Å². The molecule has 3 radical (unpaired) electrons. The molecule has 1 atom stereocenters. The van der Waals surface area contributed by atoms with Crippen LogP contribution in [0.1, 0.15) is 8.50 Å². The molecule has 1 rings (SSSR count). The molecule has 0 bridgehead atoms. The number of pyridine rings is 1. The van der Waals surface area contributed by atoms with Crippen LogP contribution in [0.5, 0.6) is 0 Å². The Morgan fingerprint density at radius 1 is 1.67 bits per heavy atom. The van der Waals surface area contributed by atoms with Crippen LogP contribution in [0, 0.1) is 0 Å². The molecule has 0 amide bonds. The molecule has 0 aliphatic rings. The fraction of sp³-hybridized carbons (Fsp3) is 0.167. The summed E-state index contributed by atoms with van der Waals surface area (Å²) in [5.41, 5.74) is 1.13. The first kappa shape index (κ1) is 7.47. The van der Waals surface area contributed by atoms with Gasteiger partial charge in [0.2, 0.25) is 0 Å². The zero-order chi connectivity index (χ0) is 6.69. The fourth-order valence-corrected chi connectivity index (χ4v) is 1.32. The molecular weight excluding hydrogens is 329 g/mol. The molecule has 1 aromatic heterocycles. The van der Waals surface area contributed by atoms with Gasteiger partial charge in [0.25, 0.3) is 0 Å². The van der Waals surface area contributed by atoms with Crippen LogP contribution in [0.3, 0.4) is 0 Å². The van der Waals surface area contributed by atoms with E-state index in [-0.39, 0.29) is 2.94 Å². The quantitative estimate of drug-likeness (QED) is 0.560. The first-order valence-electron chi connectivity index (χ1n) is 2.56. The van der Waals surface area contributed by atoms with Crippen molar-refractivity contribution in [3.05, 3.63) is 30.1 Å². The maximum atomic E-state index is 5.82. The van der Waals surface area contributed by atoms with Crippen LogP contribution in [0.15, 0.2) is 24.5 Å². The van der Waals surface area contributed by atoms with Crippen LogP contribution in [0.2, 0.25) is 0 Å². The Balaban J connectivity index is 2.85. The normalized spacial score (nSPS) is 13.1. The van der Waals surface area contributed by atoms with Crippen molar-refractivity contribution < 1.29 is 0 Å². The summed E-state index contributed by atoms with van der Waals surface area (Å²) in [6.07, 6.45) is 3.56. The van der Waals surface area contributed by atoms with Crippen LogP contribution in [0.4, 0.5) is 0 Å². The molecule has 0 aliphatic heterocycles. The molecule has 0 aromatic carbocycles. The second-order valence-electron chi connectivity index (χ2n) is 1.65. The van der Waals surface area contributed by atoms with Crippen molar-refractivity contribution in [3.63, 3.8) is 0 Å². The monoisotopic (exact) mass is 334 g/mol. The summed E-state index contributed by atoms with van der Waals surface area (Å²) in [4.78, 5) is 3.94. The van der Waals surface area contributed by atoms with Gasteiger partial charge in [-0.15, -0.1) is 0 Å². The SMILES string of the molecule is Cl[CH]([Pb])c1cccnc1. The number of halogens is 1. The van der Waals surface area contributed by atoms with E-state index in [1.54, 1.807) is 6.20 Å². The summed E-state index contributed by atoms with van der Waals surface area (Å²) < 4.78 is 0.207. The third kappa shape index (κ3) is 2.21. The zero-order valence-corrected chi connectivity index (χ0v) is 9.36. The van der Waals surface area contributed by atoms with Crippen molar-refractivity contribution in [2.24, 2.45) is 0 Å². The van der Waals surface area contributed by atoms with Gasteiger partial charge in [0.05, 0.1) is 0 Å². The van der Waals surface area contributed by atoms with Crippen LogP contribution in [-0.2, 0) is 0 Å².